The van der Waals surface area contributed by atoms with Crippen molar-refractivity contribution in [2.24, 2.45) is 0 Å². The van der Waals surface area contributed by atoms with Crippen LogP contribution in [0.1, 0.15) is 54.0 Å². The summed E-state index contributed by atoms with van der Waals surface area (Å²) in [6.45, 7) is 13.6. The molecule has 162 valence electrons. The van der Waals surface area contributed by atoms with Crippen LogP contribution in [0.15, 0.2) is 28.5 Å². The van der Waals surface area contributed by atoms with Gasteiger partial charge in [-0.1, -0.05) is 23.5 Å². The summed E-state index contributed by atoms with van der Waals surface area (Å²) >= 11 is 1.16. The number of aromatic amines is 1. The van der Waals surface area contributed by atoms with E-state index in [-0.39, 0.29) is 11.4 Å². The molecule has 1 aliphatic heterocycles. The first-order valence-electron chi connectivity index (χ1n) is 9.92. The maximum absolute atomic E-state index is 12.2. The third-order valence-corrected chi connectivity index (χ3v) is 6.03. The van der Waals surface area contributed by atoms with Crippen LogP contribution in [0.5, 0.6) is 0 Å². The van der Waals surface area contributed by atoms with E-state index in [2.05, 4.69) is 10.3 Å². The van der Waals surface area contributed by atoms with Gasteiger partial charge in [0, 0.05) is 6.54 Å². The lowest BCUT2D eigenvalue weighted by atomic mass is 9.77. The molecule has 1 aromatic heterocycles. The molecule has 7 nitrogen and oxygen atoms in total. The Morgan fingerprint density at radius 2 is 1.87 bits per heavy atom. The van der Waals surface area contributed by atoms with Gasteiger partial charge in [0.05, 0.1) is 21.4 Å². The Morgan fingerprint density at radius 1 is 1.23 bits per heavy atom. The van der Waals surface area contributed by atoms with Gasteiger partial charge in [-0.05, 0) is 71.6 Å². The first kappa shape index (κ1) is 22.6. The fourth-order valence-corrected chi connectivity index (χ4v) is 3.74. The summed E-state index contributed by atoms with van der Waals surface area (Å²) in [5.41, 5.74) is 0.829. The van der Waals surface area contributed by atoms with Crippen molar-refractivity contribution in [3.05, 3.63) is 38.9 Å². The van der Waals surface area contributed by atoms with Crippen molar-refractivity contribution in [2.75, 3.05) is 6.54 Å². The van der Waals surface area contributed by atoms with E-state index in [1.807, 2.05) is 72.7 Å². The maximum Gasteiger partial charge on any atom is 0.492 e. The van der Waals surface area contributed by atoms with Crippen molar-refractivity contribution < 1.29 is 18.8 Å². The van der Waals surface area contributed by atoms with Gasteiger partial charge < -0.3 is 24.3 Å². The molecule has 0 spiro atoms. The minimum atomic E-state index is -0.620. The second-order valence-electron chi connectivity index (χ2n) is 9.43. The predicted octanol–water partition coefficient (Wildman–Crippen LogP) is 4.13. The number of benzene rings is 1. The number of fused-ring (bicyclic) bond motifs is 1. The predicted molar refractivity (Wildman–Crippen MR) is 121 cm³/mol. The zero-order chi connectivity index (χ0) is 22.3. The largest absolute Gasteiger partial charge is 0.492 e. The number of hydrogen-bond acceptors (Lipinski definition) is 6. The normalized spacial score (nSPS) is 18.6. The lowest BCUT2D eigenvalue weighted by Gasteiger charge is -2.32. The van der Waals surface area contributed by atoms with Crippen molar-refractivity contribution in [3.8, 4) is 0 Å². The van der Waals surface area contributed by atoms with E-state index < -0.39 is 30.0 Å². The molecule has 30 heavy (non-hydrogen) atoms. The van der Waals surface area contributed by atoms with Crippen LogP contribution in [0.4, 0.5) is 4.79 Å². The number of rotatable bonds is 4. The minimum absolute atomic E-state index is 0.0936. The zero-order valence-electron chi connectivity index (χ0n) is 18.5. The highest BCUT2D eigenvalue weighted by Gasteiger charge is 2.52. The number of carbonyl (C=O) groups is 1. The summed E-state index contributed by atoms with van der Waals surface area (Å²) < 4.78 is 18.6. The fraction of sp³-hybridized carbons (Fsp3) is 0.524. The van der Waals surface area contributed by atoms with Gasteiger partial charge in [0.25, 0.3) is 0 Å². The molecule has 9 heteroatoms. The quantitative estimate of drug-likeness (QED) is 0.710. The van der Waals surface area contributed by atoms with E-state index in [0.29, 0.717) is 0 Å². The topological polar surface area (TPSA) is 89.7 Å². The number of ether oxygens (including phenoxy) is 1. The summed E-state index contributed by atoms with van der Waals surface area (Å²) in [7, 11) is -0.620. The smallest absolute Gasteiger partial charge is 0.444 e. The summed E-state index contributed by atoms with van der Waals surface area (Å²) in [4.78, 5) is 26.5. The minimum Gasteiger partial charge on any atom is -0.444 e. The van der Waals surface area contributed by atoms with Gasteiger partial charge in [-0.2, -0.15) is 0 Å². The molecule has 1 aromatic carbocycles. The molecular formula is C21H29BN2O5S. The monoisotopic (exact) mass is 432 g/mol. The third-order valence-electron chi connectivity index (χ3n) is 5.19. The highest BCUT2D eigenvalue weighted by atomic mass is 32.1. The molecule has 0 radical (unpaired) electrons. The van der Waals surface area contributed by atoms with Crippen molar-refractivity contribution >= 4 is 40.8 Å². The number of amides is 1. The molecule has 1 aliphatic rings. The molecule has 2 N–H and O–H groups in total. The first-order valence-corrected chi connectivity index (χ1v) is 10.7. The van der Waals surface area contributed by atoms with Crippen LogP contribution >= 0.6 is 11.3 Å². The van der Waals surface area contributed by atoms with Crippen LogP contribution in [0, 0.1) is 0 Å². The van der Waals surface area contributed by atoms with Gasteiger partial charge in [-0.25, -0.2) is 4.79 Å². The van der Waals surface area contributed by atoms with E-state index in [9.17, 15) is 9.59 Å². The van der Waals surface area contributed by atoms with Crippen LogP contribution in [-0.2, 0) is 14.0 Å². The number of H-pyrrole nitrogens is 1. The van der Waals surface area contributed by atoms with Crippen LogP contribution in [0.2, 0.25) is 0 Å². The Morgan fingerprint density at radius 3 is 2.47 bits per heavy atom. The molecule has 2 aromatic rings. The number of alkyl carbamates (subject to hydrolysis) is 1. The van der Waals surface area contributed by atoms with Gasteiger partial charge in [-0.3, -0.25) is 4.79 Å². The first-order chi connectivity index (χ1) is 13.8. The van der Waals surface area contributed by atoms with Crippen molar-refractivity contribution in [2.45, 2.75) is 65.3 Å². The molecule has 0 unspecified atom stereocenters. The Kier molecular flexibility index (Phi) is 5.92. The van der Waals surface area contributed by atoms with Crippen LogP contribution in [-0.4, -0.2) is 41.5 Å². The molecular weight excluding hydrogens is 403 g/mol. The maximum atomic E-state index is 12.2. The Balaban J connectivity index is 1.89. The molecule has 0 saturated carbocycles. The second-order valence-corrected chi connectivity index (χ2v) is 10.4. The lowest BCUT2D eigenvalue weighted by Crippen LogP contribution is -2.41. The van der Waals surface area contributed by atoms with Crippen LogP contribution in [0.25, 0.3) is 16.3 Å². The highest BCUT2D eigenvalue weighted by Crippen LogP contribution is 2.38. The number of carbonyl (C=O) groups excluding carboxylic acids is 1. The number of nitrogens with one attached hydrogen (secondary N) is 2. The summed E-state index contributed by atoms with van der Waals surface area (Å²) in [6, 6.07) is 5.70. The van der Waals surface area contributed by atoms with E-state index in [1.54, 1.807) is 0 Å². The molecule has 2 heterocycles. The van der Waals surface area contributed by atoms with Crippen molar-refractivity contribution in [3.63, 3.8) is 0 Å². The van der Waals surface area contributed by atoms with Gasteiger partial charge >= 0.3 is 18.1 Å². The Labute approximate surface area is 180 Å². The van der Waals surface area contributed by atoms with E-state index >= 15 is 0 Å². The molecule has 0 atom stereocenters. The van der Waals surface area contributed by atoms with Gasteiger partial charge in [-0.15, -0.1) is 0 Å². The average Bonchev–Trinajstić information content (AvgIpc) is 3.04. The fourth-order valence-electron chi connectivity index (χ4n) is 2.95. The van der Waals surface area contributed by atoms with Crippen LogP contribution in [0.3, 0.4) is 0 Å². The molecule has 0 bridgehead atoms. The average molecular weight is 432 g/mol. The second kappa shape index (κ2) is 7.87. The summed E-state index contributed by atoms with van der Waals surface area (Å²) in [5.74, 6) is 0. The molecule has 1 amide bonds. The highest BCUT2D eigenvalue weighted by molar-refractivity contribution is 7.16. The number of aromatic nitrogens is 1. The van der Waals surface area contributed by atoms with Gasteiger partial charge in [0.2, 0.25) is 0 Å². The van der Waals surface area contributed by atoms with Gasteiger partial charge in [0.15, 0.2) is 0 Å². The van der Waals surface area contributed by atoms with Crippen molar-refractivity contribution in [1.29, 1.82) is 0 Å². The SMILES string of the molecule is CC(C)(C)OC(=O)NCC(=Cc1ccc2[nH]c(=O)sc2c1)B1OC(C)(C)C(C)(C)O1. The summed E-state index contributed by atoms with van der Waals surface area (Å²) in [6.07, 6.45) is 1.41. The molecule has 1 fully saturated rings. The lowest BCUT2D eigenvalue weighted by molar-refractivity contribution is 0.00578. The van der Waals surface area contributed by atoms with E-state index in [4.69, 9.17) is 14.0 Å². The van der Waals surface area contributed by atoms with Crippen molar-refractivity contribution in [1.82, 2.24) is 10.3 Å². The third kappa shape index (κ3) is 5.14. The standard InChI is InChI=1S/C21H29BN2O5S/c1-19(2,3)27-17(25)23-12-14(22-28-20(4,5)21(6,7)29-22)10-13-8-9-15-16(11-13)30-18(26)24-15/h8-11H,12H2,1-7H3,(H,23,25)(H,24,26). The van der Waals surface area contributed by atoms with Gasteiger partial charge in [0.1, 0.15) is 5.60 Å². The molecule has 1 saturated heterocycles. The zero-order valence-corrected chi connectivity index (χ0v) is 19.4. The number of hydrogen-bond donors (Lipinski definition) is 2. The Bertz CT molecular complexity index is 1020. The summed E-state index contributed by atoms with van der Waals surface area (Å²) in [5, 5.41) is 2.79. The molecule has 3 rings (SSSR count). The molecule has 0 aliphatic carbocycles. The van der Waals surface area contributed by atoms with Crippen LogP contribution < -0.4 is 10.2 Å². The number of thiazole rings is 1. The Hall–Kier alpha value is -2.10. The van der Waals surface area contributed by atoms with E-state index in [0.717, 1.165) is 32.6 Å². The van der Waals surface area contributed by atoms with E-state index in [1.165, 1.54) is 0 Å².